The fraction of sp³-hybridized carbons (Fsp3) is 0.154. The molecule has 0 aliphatic rings. The van der Waals surface area contributed by atoms with Crippen LogP contribution in [0.2, 0.25) is 0 Å². The molecule has 0 spiro atoms. The van der Waals surface area contributed by atoms with Crippen molar-refractivity contribution in [3.8, 4) is 0 Å². The lowest BCUT2D eigenvalue weighted by Crippen LogP contribution is -2.25. The molecule has 1 aromatic heterocycles. The Bertz CT molecular complexity index is 568. The van der Waals surface area contributed by atoms with E-state index in [1.165, 1.54) is 22.3 Å². The zero-order valence-corrected chi connectivity index (χ0v) is 11.5. The maximum absolute atomic E-state index is 13.5. The molecule has 0 fully saturated rings. The number of nitrogens with zero attached hydrogens (tertiary/aromatic N) is 1. The first-order chi connectivity index (χ1) is 8.58. The van der Waals surface area contributed by atoms with Gasteiger partial charge in [0.05, 0.1) is 4.88 Å². The van der Waals surface area contributed by atoms with Crippen LogP contribution in [-0.2, 0) is 6.54 Å². The van der Waals surface area contributed by atoms with Crippen LogP contribution in [0, 0.1) is 5.82 Å². The molecule has 2 aromatic rings. The molecule has 0 unspecified atom stereocenters. The zero-order valence-electron chi connectivity index (χ0n) is 9.76. The molecule has 0 bridgehead atoms. The molecule has 0 saturated heterocycles. The van der Waals surface area contributed by atoms with Gasteiger partial charge in [-0.1, -0.05) is 18.2 Å². The third kappa shape index (κ3) is 2.91. The normalized spacial score (nSPS) is 10.4. The van der Waals surface area contributed by atoms with E-state index in [0.29, 0.717) is 10.4 Å². The lowest BCUT2D eigenvalue weighted by atomic mass is 10.2. The number of benzene rings is 1. The molecule has 5 heteroatoms. The van der Waals surface area contributed by atoms with Gasteiger partial charge in [-0.05, 0) is 12.1 Å². The molecule has 2 nitrogen and oxygen atoms in total. The summed E-state index contributed by atoms with van der Waals surface area (Å²) in [4.78, 5) is 14.9. The Morgan fingerprint density at radius 2 is 2.17 bits per heavy atom. The van der Waals surface area contributed by atoms with Gasteiger partial charge in [0, 0.05) is 29.4 Å². The highest BCUT2D eigenvalue weighted by atomic mass is 32.1. The number of thiol groups is 1. The van der Waals surface area contributed by atoms with Gasteiger partial charge in [0.15, 0.2) is 0 Å². The Morgan fingerprint density at radius 3 is 2.78 bits per heavy atom. The standard InChI is InChI=1S/C13H12FNOS2/c1-15(7-9-4-2-3-5-11(9)14)13(16)12-6-10(17)8-18-12/h2-6,8,17H,7H2,1H3. The van der Waals surface area contributed by atoms with Crippen LogP contribution in [0.5, 0.6) is 0 Å². The van der Waals surface area contributed by atoms with Crippen molar-refractivity contribution in [2.45, 2.75) is 11.4 Å². The average molecular weight is 281 g/mol. The Hall–Kier alpha value is -1.33. The highest BCUT2D eigenvalue weighted by Gasteiger charge is 2.15. The SMILES string of the molecule is CN(Cc1ccccc1F)C(=O)c1cc(S)cs1. The van der Waals surface area contributed by atoms with E-state index in [1.54, 1.807) is 36.7 Å². The Balaban J connectivity index is 2.11. The summed E-state index contributed by atoms with van der Waals surface area (Å²) in [5, 5.41) is 1.80. The smallest absolute Gasteiger partial charge is 0.264 e. The van der Waals surface area contributed by atoms with Crippen LogP contribution in [-0.4, -0.2) is 17.9 Å². The summed E-state index contributed by atoms with van der Waals surface area (Å²) in [7, 11) is 1.66. The fourth-order valence-electron chi connectivity index (χ4n) is 1.58. The van der Waals surface area contributed by atoms with Crippen LogP contribution < -0.4 is 0 Å². The number of halogens is 1. The van der Waals surface area contributed by atoms with Gasteiger partial charge < -0.3 is 4.90 Å². The van der Waals surface area contributed by atoms with Gasteiger partial charge in [0.1, 0.15) is 5.82 Å². The molecule has 0 N–H and O–H groups in total. The van der Waals surface area contributed by atoms with Crippen molar-refractivity contribution in [1.29, 1.82) is 0 Å². The molecular weight excluding hydrogens is 269 g/mol. The Morgan fingerprint density at radius 1 is 1.44 bits per heavy atom. The number of carbonyl (C=O) groups is 1. The second kappa shape index (κ2) is 5.54. The van der Waals surface area contributed by atoms with Gasteiger partial charge >= 0.3 is 0 Å². The molecule has 0 aliphatic heterocycles. The molecule has 1 heterocycles. The van der Waals surface area contributed by atoms with Crippen LogP contribution in [0.15, 0.2) is 40.6 Å². The number of carbonyl (C=O) groups excluding carboxylic acids is 1. The van der Waals surface area contributed by atoms with Crippen LogP contribution in [0.4, 0.5) is 4.39 Å². The highest BCUT2D eigenvalue weighted by molar-refractivity contribution is 7.80. The van der Waals surface area contributed by atoms with Gasteiger partial charge in [-0.15, -0.1) is 24.0 Å². The predicted octanol–water partition coefficient (Wildman–Crippen LogP) is 3.45. The van der Waals surface area contributed by atoms with Crippen molar-refractivity contribution in [1.82, 2.24) is 4.90 Å². The molecule has 94 valence electrons. The summed E-state index contributed by atoms with van der Waals surface area (Å²) in [6, 6.07) is 8.18. The van der Waals surface area contributed by atoms with Crippen molar-refractivity contribution >= 4 is 29.9 Å². The van der Waals surface area contributed by atoms with Gasteiger partial charge in [-0.25, -0.2) is 4.39 Å². The molecular formula is C13H12FNOS2. The van der Waals surface area contributed by atoms with Crippen molar-refractivity contribution < 1.29 is 9.18 Å². The number of thiophene rings is 1. The molecule has 18 heavy (non-hydrogen) atoms. The van der Waals surface area contributed by atoms with Gasteiger partial charge in [0.25, 0.3) is 5.91 Å². The third-order valence-corrected chi connectivity index (χ3v) is 3.86. The molecule has 0 saturated carbocycles. The van der Waals surface area contributed by atoms with Crippen LogP contribution in [0.3, 0.4) is 0 Å². The molecule has 1 aromatic carbocycles. The van der Waals surface area contributed by atoms with Gasteiger partial charge in [-0.2, -0.15) is 0 Å². The third-order valence-electron chi connectivity index (χ3n) is 2.51. The lowest BCUT2D eigenvalue weighted by Gasteiger charge is -2.16. The van der Waals surface area contributed by atoms with Crippen molar-refractivity contribution in [3.05, 3.63) is 52.0 Å². The van der Waals surface area contributed by atoms with E-state index in [1.807, 2.05) is 0 Å². The fourth-order valence-corrected chi connectivity index (χ4v) is 2.72. The minimum atomic E-state index is -0.293. The minimum Gasteiger partial charge on any atom is -0.337 e. The summed E-state index contributed by atoms with van der Waals surface area (Å²) >= 11 is 5.50. The largest absolute Gasteiger partial charge is 0.337 e. The zero-order chi connectivity index (χ0) is 13.1. The number of hydrogen-bond acceptors (Lipinski definition) is 3. The molecule has 0 aliphatic carbocycles. The second-order valence-corrected chi connectivity index (χ2v) is 5.35. The molecule has 1 amide bonds. The first-order valence-corrected chi connectivity index (χ1v) is 6.67. The van der Waals surface area contributed by atoms with Gasteiger partial charge in [-0.3, -0.25) is 4.79 Å². The molecule has 0 radical (unpaired) electrons. The summed E-state index contributed by atoms with van der Waals surface area (Å²) in [5.41, 5.74) is 0.510. The number of rotatable bonds is 3. The van der Waals surface area contributed by atoms with Crippen molar-refractivity contribution in [3.63, 3.8) is 0 Å². The summed E-state index contributed by atoms with van der Waals surface area (Å²) < 4.78 is 13.5. The monoisotopic (exact) mass is 281 g/mol. The average Bonchev–Trinajstić information content (AvgIpc) is 2.78. The van der Waals surface area contributed by atoms with E-state index < -0.39 is 0 Å². The highest BCUT2D eigenvalue weighted by Crippen LogP contribution is 2.20. The first kappa shape index (κ1) is 13.1. The van der Waals surface area contributed by atoms with E-state index in [-0.39, 0.29) is 18.3 Å². The van der Waals surface area contributed by atoms with E-state index in [2.05, 4.69) is 12.6 Å². The molecule has 0 atom stereocenters. The Kier molecular flexibility index (Phi) is 4.04. The van der Waals surface area contributed by atoms with E-state index in [4.69, 9.17) is 0 Å². The Labute approximate surface area is 114 Å². The van der Waals surface area contributed by atoms with E-state index >= 15 is 0 Å². The van der Waals surface area contributed by atoms with E-state index in [0.717, 1.165) is 4.90 Å². The summed E-state index contributed by atoms with van der Waals surface area (Å²) in [5.74, 6) is -0.415. The number of hydrogen-bond donors (Lipinski definition) is 1. The van der Waals surface area contributed by atoms with Crippen molar-refractivity contribution in [2.24, 2.45) is 0 Å². The van der Waals surface area contributed by atoms with E-state index in [9.17, 15) is 9.18 Å². The summed E-state index contributed by atoms with van der Waals surface area (Å²) in [6.45, 7) is 0.255. The minimum absolute atomic E-state index is 0.122. The molecule has 2 rings (SSSR count). The maximum Gasteiger partial charge on any atom is 0.264 e. The second-order valence-electron chi connectivity index (χ2n) is 3.92. The van der Waals surface area contributed by atoms with Crippen molar-refractivity contribution in [2.75, 3.05) is 7.05 Å². The number of amides is 1. The summed E-state index contributed by atoms with van der Waals surface area (Å²) in [6.07, 6.45) is 0. The maximum atomic E-state index is 13.5. The quantitative estimate of drug-likeness (QED) is 0.854. The van der Waals surface area contributed by atoms with Crippen LogP contribution in [0.25, 0.3) is 0 Å². The van der Waals surface area contributed by atoms with Gasteiger partial charge in [0.2, 0.25) is 0 Å². The van der Waals surface area contributed by atoms with Crippen LogP contribution in [0.1, 0.15) is 15.2 Å². The first-order valence-electron chi connectivity index (χ1n) is 5.34. The predicted molar refractivity (Wildman–Crippen MR) is 73.8 cm³/mol. The van der Waals surface area contributed by atoms with Crippen LogP contribution >= 0.6 is 24.0 Å². The lowest BCUT2D eigenvalue weighted by molar-refractivity contribution is 0.0788. The topological polar surface area (TPSA) is 20.3 Å².